The van der Waals surface area contributed by atoms with Crippen LogP contribution in [0.4, 0.5) is 5.95 Å². The molecule has 2 aromatic carbocycles. The number of methoxy groups -OCH3 is 1. The van der Waals surface area contributed by atoms with Gasteiger partial charge in [0.05, 0.1) is 11.6 Å². The highest BCUT2D eigenvalue weighted by Gasteiger charge is 2.17. The third-order valence-corrected chi connectivity index (χ3v) is 4.58. The fourth-order valence-corrected chi connectivity index (χ4v) is 3.35. The number of hydrogen-bond acceptors (Lipinski definition) is 4. The zero-order chi connectivity index (χ0) is 16.6. The Hall–Kier alpha value is -1.56. The molecule has 1 N–H and O–H groups in total. The molecule has 1 heterocycles. The number of fused-ring (bicyclic) bond motifs is 1. The van der Waals surface area contributed by atoms with Crippen molar-refractivity contribution >= 4 is 56.0 Å². The van der Waals surface area contributed by atoms with Gasteiger partial charge in [0.1, 0.15) is 5.52 Å². The van der Waals surface area contributed by atoms with Crippen LogP contribution < -0.4 is 10.1 Å². The first-order valence-corrected chi connectivity index (χ1v) is 8.26. The van der Waals surface area contributed by atoms with Crippen molar-refractivity contribution in [1.82, 2.24) is 9.97 Å². The van der Waals surface area contributed by atoms with Crippen molar-refractivity contribution < 1.29 is 4.74 Å². The molecule has 0 aliphatic heterocycles. The average Bonchev–Trinajstić information content (AvgIpc) is 2.56. The number of benzene rings is 2. The Morgan fingerprint density at radius 2 is 1.96 bits per heavy atom. The van der Waals surface area contributed by atoms with Gasteiger partial charge in [-0.3, -0.25) is 0 Å². The predicted octanol–water partition coefficient (Wildman–Crippen LogP) is 5.42. The predicted molar refractivity (Wildman–Crippen MR) is 98.8 cm³/mol. The van der Waals surface area contributed by atoms with Crippen molar-refractivity contribution in [3.63, 3.8) is 0 Å². The Labute approximate surface area is 151 Å². The van der Waals surface area contributed by atoms with Gasteiger partial charge < -0.3 is 10.1 Å². The van der Waals surface area contributed by atoms with Crippen LogP contribution in [0, 0.1) is 0 Å². The number of ether oxygens (including phenoxy) is 1. The molecule has 23 heavy (non-hydrogen) atoms. The van der Waals surface area contributed by atoms with Crippen molar-refractivity contribution in [2.45, 2.75) is 0 Å². The van der Waals surface area contributed by atoms with E-state index in [0.717, 1.165) is 21.0 Å². The van der Waals surface area contributed by atoms with Crippen LogP contribution in [0.3, 0.4) is 0 Å². The zero-order valence-corrected chi connectivity index (χ0v) is 15.4. The minimum absolute atomic E-state index is 0.511. The number of nitrogens with zero attached hydrogens (tertiary/aromatic N) is 2. The maximum atomic E-state index is 6.36. The van der Waals surface area contributed by atoms with Crippen molar-refractivity contribution in [3.8, 4) is 16.9 Å². The van der Waals surface area contributed by atoms with Crippen LogP contribution in [0.5, 0.6) is 5.75 Å². The summed E-state index contributed by atoms with van der Waals surface area (Å²) in [6, 6.07) is 7.28. The second-order valence-electron chi connectivity index (χ2n) is 4.77. The molecule has 0 bridgehead atoms. The van der Waals surface area contributed by atoms with Gasteiger partial charge in [-0.25, -0.2) is 9.97 Å². The molecule has 0 aliphatic rings. The van der Waals surface area contributed by atoms with Gasteiger partial charge >= 0.3 is 0 Å². The number of hydrogen-bond donors (Lipinski definition) is 1. The molecule has 0 saturated carbocycles. The lowest BCUT2D eigenvalue weighted by atomic mass is 10.0. The summed E-state index contributed by atoms with van der Waals surface area (Å²) in [6.45, 7) is 0. The van der Waals surface area contributed by atoms with Crippen LogP contribution in [0.2, 0.25) is 10.0 Å². The molecule has 0 aliphatic carbocycles. The largest absolute Gasteiger partial charge is 0.493 e. The molecule has 0 atom stereocenters. The maximum absolute atomic E-state index is 6.36. The van der Waals surface area contributed by atoms with E-state index >= 15 is 0 Å². The lowest BCUT2D eigenvalue weighted by Crippen LogP contribution is -1.99. The molecule has 0 fully saturated rings. The average molecular weight is 413 g/mol. The molecule has 0 saturated heterocycles. The molecule has 7 heteroatoms. The van der Waals surface area contributed by atoms with Crippen LogP contribution >= 0.6 is 39.1 Å². The molecule has 1 aromatic heterocycles. The summed E-state index contributed by atoms with van der Waals surface area (Å²) in [6.07, 6.45) is 1.75. The molecule has 118 valence electrons. The zero-order valence-electron chi connectivity index (χ0n) is 12.3. The van der Waals surface area contributed by atoms with Crippen molar-refractivity contribution in [3.05, 3.63) is 45.0 Å². The molecule has 4 nitrogen and oxygen atoms in total. The number of rotatable bonds is 3. The molecule has 3 rings (SSSR count). The van der Waals surface area contributed by atoms with Crippen molar-refractivity contribution in [1.29, 1.82) is 0 Å². The highest BCUT2D eigenvalue weighted by Crippen LogP contribution is 2.42. The summed E-state index contributed by atoms with van der Waals surface area (Å²) in [5.41, 5.74) is 2.38. The Balaban J connectivity index is 2.40. The summed E-state index contributed by atoms with van der Waals surface area (Å²) in [4.78, 5) is 8.81. The first kappa shape index (κ1) is 16.3. The first-order valence-electron chi connectivity index (χ1n) is 6.71. The third-order valence-electron chi connectivity index (χ3n) is 3.43. The molecular formula is C16H12BrCl2N3O. The molecule has 0 amide bonds. The monoisotopic (exact) mass is 411 g/mol. The van der Waals surface area contributed by atoms with Crippen LogP contribution in [-0.4, -0.2) is 24.1 Å². The smallest absolute Gasteiger partial charge is 0.223 e. The van der Waals surface area contributed by atoms with Crippen LogP contribution in [0.15, 0.2) is 34.9 Å². The lowest BCUT2D eigenvalue weighted by molar-refractivity contribution is 0.416. The Bertz CT molecular complexity index is 902. The van der Waals surface area contributed by atoms with Crippen LogP contribution in [0.25, 0.3) is 22.0 Å². The summed E-state index contributed by atoms with van der Waals surface area (Å²) in [7, 11) is 3.37. The van der Waals surface area contributed by atoms with E-state index in [1.54, 1.807) is 32.5 Å². The number of halogens is 3. The number of nitrogens with one attached hydrogen (secondary N) is 1. The standard InChI is InChI=1S/C16H12BrCl2N3O/c1-20-16-21-7-11-9(10-5-8(18)3-4-13(10)19)6-12(17)15(23-2)14(11)22-16/h3-7H,1-2H3,(H,20,21,22). The Kier molecular flexibility index (Phi) is 4.62. The fourth-order valence-electron chi connectivity index (χ4n) is 2.38. The van der Waals surface area contributed by atoms with Gasteiger partial charge in [0.2, 0.25) is 5.95 Å². The van der Waals surface area contributed by atoms with E-state index in [1.165, 1.54) is 0 Å². The SMILES string of the molecule is CNc1ncc2c(-c3cc(Cl)ccc3Cl)cc(Br)c(OC)c2n1. The second kappa shape index (κ2) is 6.51. The minimum atomic E-state index is 0.511. The van der Waals surface area contributed by atoms with Gasteiger partial charge in [-0.2, -0.15) is 0 Å². The van der Waals surface area contributed by atoms with E-state index in [0.29, 0.717) is 27.3 Å². The molecule has 0 radical (unpaired) electrons. The molecule has 0 unspecified atom stereocenters. The summed E-state index contributed by atoms with van der Waals surface area (Å²) < 4.78 is 6.26. The van der Waals surface area contributed by atoms with E-state index < -0.39 is 0 Å². The molecule has 3 aromatic rings. The van der Waals surface area contributed by atoms with Gasteiger partial charge in [0.15, 0.2) is 5.75 Å². The van der Waals surface area contributed by atoms with Crippen LogP contribution in [0.1, 0.15) is 0 Å². The van der Waals surface area contributed by atoms with Crippen LogP contribution in [-0.2, 0) is 0 Å². The van der Waals surface area contributed by atoms with E-state index in [-0.39, 0.29) is 0 Å². The van der Waals surface area contributed by atoms with E-state index in [4.69, 9.17) is 27.9 Å². The Morgan fingerprint density at radius 3 is 2.65 bits per heavy atom. The fraction of sp³-hybridized carbons (Fsp3) is 0.125. The van der Waals surface area contributed by atoms with Gasteiger partial charge in [-0.15, -0.1) is 0 Å². The van der Waals surface area contributed by atoms with E-state index in [2.05, 4.69) is 31.2 Å². The quantitative estimate of drug-likeness (QED) is 0.624. The van der Waals surface area contributed by atoms with Gasteiger partial charge in [0, 0.05) is 34.2 Å². The summed E-state index contributed by atoms with van der Waals surface area (Å²) >= 11 is 16.0. The summed E-state index contributed by atoms with van der Waals surface area (Å²) in [5.74, 6) is 1.15. The summed E-state index contributed by atoms with van der Waals surface area (Å²) in [5, 5.41) is 4.97. The topological polar surface area (TPSA) is 47.0 Å². The highest BCUT2D eigenvalue weighted by atomic mass is 79.9. The third kappa shape index (κ3) is 2.96. The molecular weight excluding hydrogens is 401 g/mol. The normalized spacial score (nSPS) is 10.8. The number of aromatic nitrogens is 2. The van der Waals surface area contributed by atoms with Gasteiger partial charge in [0.25, 0.3) is 0 Å². The van der Waals surface area contributed by atoms with Crippen molar-refractivity contribution in [2.75, 3.05) is 19.5 Å². The first-order chi connectivity index (χ1) is 11.0. The van der Waals surface area contributed by atoms with Gasteiger partial charge in [-0.1, -0.05) is 23.2 Å². The van der Waals surface area contributed by atoms with E-state index in [9.17, 15) is 0 Å². The van der Waals surface area contributed by atoms with Crippen molar-refractivity contribution in [2.24, 2.45) is 0 Å². The van der Waals surface area contributed by atoms with Gasteiger partial charge in [-0.05, 0) is 45.8 Å². The minimum Gasteiger partial charge on any atom is -0.493 e. The lowest BCUT2D eigenvalue weighted by Gasteiger charge is -2.14. The molecule has 0 spiro atoms. The highest BCUT2D eigenvalue weighted by molar-refractivity contribution is 9.10. The van der Waals surface area contributed by atoms with E-state index in [1.807, 2.05) is 12.1 Å². The number of anilines is 1. The second-order valence-corrected chi connectivity index (χ2v) is 6.47. The maximum Gasteiger partial charge on any atom is 0.223 e. The Morgan fingerprint density at radius 1 is 1.17 bits per heavy atom.